The number of fused-ring (bicyclic) bond motifs is 1. The van der Waals surface area contributed by atoms with Crippen molar-refractivity contribution in [3.63, 3.8) is 0 Å². The lowest BCUT2D eigenvalue weighted by Crippen LogP contribution is -2.07. The molecule has 4 heteroatoms. The SMILES string of the molecule is Cn1ncc(-c2ccc3c(c2)CCC3)c1CC(=O)O. The van der Waals surface area contributed by atoms with Crippen LogP contribution in [-0.4, -0.2) is 20.9 Å². The van der Waals surface area contributed by atoms with Crippen LogP contribution < -0.4 is 0 Å². The average Bonchev–Trinajstić information content (AvgIpc) is 2.96. The second-order valence-corrected chi connectivity index (χ2v) is 5.04. The van der Waals surface area contributed by atoms with Gasteiger partial charge >= 0.3 is 5.97 Å². The summed E-state index contributed by atoms with van der Waals surface area (Å²) in [6.07, 6.45) is 5.26. The van der Waals surface area contributed by atoms with E-state index < -0.39 is 5.97 Å². The molecule has 1 heterocycles. The zero-order valence-electron chi connectivity index (χ0n) is 10.9. The fourth-order valence-corrected chi connectivity index (χ4v) is 2.80. The quantitative estimate of drug-likeness (QED) is 0.916. The predicted molar refractivity (Wildman–Crippen MR) is 72.0 cm³/mol. The van der Waals surface area contributed by atoms with E-state index in [9.17, 15) is 4.79 Å². The Morgan fingerprint density at radius 1 is 1.37 bits per heavy atom. The zero-order valence-corrected chi connectivity index (χ0v) is 10.9. The highest BCUT2D eigenvalue weighted by Gasteiger charge is 2.16. The number of carboxylic acids is 1. The summed E-state index contributed by atoms with van der Waals surface area (Å²) in [7, 11) is 1.79. The first-order chi connectivity index (χ1) is 9.15. The van der Waals surface area contributed by atoms with Crippen LogP contribution in [0.25, 0.3) is 11.1 Å². The molecule has 0 saturated heterocycles. The smallest absolute Gasteiger partial charge is 0.309 e. The minimum atomic E-state index is -0.828. The predicted octanol–water partition coefficient (Wildman–Crippen LogP) is 2.20. The Kier molecular flexibility index (Phi) is 2.85. The van der Waals surface area contributed by atoms with Crippen molar-refractivity contribution in [2.45, 2.75) is 25.7 Å². The third-order valence-corrected chi connectivity index (χ3v) is 3.79. The minimum Gasteiger partial charge on any atom is -0.481 e. The highest BCUT2D eigenvalue weighted by Crippen LogP contribution is 2.29. The summed E-state index contributed by atoms with van der Waals surface area (Å²) in [4.78, 5) is 10.9. The maximum absolute atomic E-state index is 10.9. The van der Waals surface area contributed by atoms with E-state index in [1.165, 1.54) is 17.5 Å². The van der Waals surface area contributed by atoms with Crippen molar-refractivity contribution >= 4 is 5.97 Å². The van der Waals surface area contributed by atoms with Gasteiger partial charge in [0.1, 0.15) is 0 Å². The molecule has 98 valence electrons. The second-order valence-electron chi connectivity index (χ2n) is 5.04. The Balaban J connectivity index is 2.04. The molecule has 1 aromatic heterocycles. The van der Waals surface area contributed by atoms with Gasteiger partial charge in [-0.05, 0) is 36.0 Å². The Hall–Kier alpha value is -2.10. The van der Waals surface area contributed by atoms with E-state index in [0.29, 0.717) is 0 Å². The molecule has 1 aliphatic rings. The molecule has 0 spiro atoms. The van der Waals surface area contributed by atoms with E-state index in [1.54, 1.807) is 17.9 Å². The van der Waals surface area contributed by atoms with Crippen molar-refractivity contribution in [3.8, 4) is 11.1 Å². The number of carbonyl (C=O) groups is 1. The fraction of sp³-hybridized carbons (Fsp3) is 0.333. The molecule has 0 amide bonds. The summed E-state index contributed by atoms with van der Waals surface area (Å²) in [5.74, 6) is -0.828. The van der Waals surface area contributed by atoms with Gasteiger partial charge in [-0.15, -0.1) is 0 Å². The van der Waals surface area contributed by atoms with Crippen LogP contribution in [0.3, 0.4) is 0 Å². The third-order valence-electron chi connectivity index (χ3n) is 3.79. The van der Waals surface area contributed by atoms with E-state index in [4.69, 9.17) is 5.11 Å². The number of nitrogens with zero attached hydrogens (tertiary/aromatic N) is 2. The molecule has 19 heavy (non-hydrogen) atoms. The van der Waals surface area contributed by atoms with Crippen LogP contribution in [0, 0.1) is 0 Å². The molecule has 0 aliphatic heterocycles. The van der Waals surface area contributed by atoms with Gasteiger partial charge in [-0.25, -0.2) is 0 Å². The normalized spacial score (nSPS) is 13.5. The van der Waals surface area contributed by atoms with Crippen molar-refractivity contribution in [1.29, 1.82) is 0 Å². The van der Waals surface area contributed by atoms with Gasteiger partial charge in [0.25, 0.3) is 0 Å². The molecule has 1 aromatic carbocycles. The van der Waals surface area contributed by atoms with Crippen molar-refractivity contribution in [3.05, 3.63) is 41.2 Å². The molecule has 3 rings (SSSR count). The first kappa shape index (κ1) is 12.0. The molecule has 1 aliphatic carbocycles. The topological polar surface area (TPSA) is 55.1 Å². The van der Waals surface area contributed by atoms with Crippen LogP contribution in [0.5, 0.6) is 0 Å². The van der Waals surface area contributed by atoms with E-state index in [0.717, 1.165) is 29.7 Å². The molecular formula is C15H16N2O2. The summed E-state index contributed by atoms with van der Waals surface area (Å²) in [5, 5.41) is 13.2. The zero-order chi connectivity index (χ0) is 13.4. The van der Waals surface area contributed by atoms with Crippen LogP contribution in [0.2, 0.25) is 0 Å². The molecule has 0 atom stereocenters. The Bertz CT molecular complexity index is 644. The standard InChI is InChI=1S/C15H16N2O2/c1-17-14(8-15(18)19)13(9-16-17)12-6-5-10-3-2-4-11(10)7-12/h5-7,9H,2-4,8H2,1H3,(H,18,19). The summed E-state index contributed by atoms with van der Waals surface area (Å²) >= 11 is 0. The highest BCUT2D eigenvalue weighted by molar-refractivity contribution is 5.75. The van der Waals surface area contributed by atoms with Crippen molar-refractivity contribution in [2.24, 2.45) is 7.05 Å². The van der Waals surface area contributed by atoms with Crippen LogP contribution in [-0.2, 0) is 31.1 Å². The molecule has 0 fully saturated rings. The van der Waals surface area contributed by atoms with Gasteiger partial charge < -0.3 is 5.11 Å². The maximum atomic E-state index is 10.9. The number of aromatic nitrogens is 2. The molecular weight excluding hydrogens is 240 g/mol. The molecule has 2 aromatic rings. The van der Waals surface area contributed by atoms with Gasteiger partial charge in [0, 0.05) is 12.6 Å². The number of rotatable bonds is 3. The lowest BCUT2D eigenvalue weighted by atomic mass is 10.00. The number of hydrogen-bond acceptors (Lipinski definition) is 2. The summed E-state index contributed by atoms with van der Waals surface area (Å²) in [5.41, 5.74) is 5.57. The maximum Gasteiger partial charge on any atom is 0.309 e. The van der Waals surface area contributed by atoms with Gasteiger partial charge in [0.2, 0.25) is 0 Å². The average molecular weight is 256 g/mol. The van der Waals surface area contributed by atoms with Gasteiger partial charge in [0.05, 0.1) is 18.3 Å². The van der Waals surface area contributed by atoms with E-state index >= 15 is 0 Å². The van der Waals surface area contributed by atoms with Gasteiger partial charge in [0.15, 0.2) is 0 Å². The van der Waals surface area contributed by atoms with Gasteiger partial charge in [-0.3, -0.25) is 9.48 Å². The monoisotopic (exact) mass is 256 g/mol. The molecule has 0 radical (unpaired) electrons. The summed E-state index contributed by atoms with van der Waals surface area (Å²) in [6.45, 7) is 0. The second kappa shape index (κ2) is 4.53. The molecule has 4 nitrogen and oxygen atoms in total. The molecule has 1 N–H and O–H groups in total. The summed E-state index contributed by atoms with van der Waals surface area (Å²) < 4.78 is 1.65. The number of hydrogen-bond donors (Lipinski definition) is 1. The molecule has 0 unspecified atom stereocenters. The van der Waals surface area contributed by atoms with Crippen molar-refractivity contribution < 1.29 is 9.90 Å². The van der Waals surface area contributed by atoms with E-state index in [1.807, 2.05) is 0 Å². The van der Waals surface area contributed by atoms with Crippen LogP contribution in [0.15, 0.2) is 24.4 Å². The van der Waals surface area contributed by atoms with Crippen LogP contribution in [0.1, 0.15) is 23.2 Å². The molecule has 0 bridgehead atoms. The number of benzene rings is 1. The van der Waals surface area contributed by atoms with Crippen molar-refractivity contribution in [2.75, 3.05) is 0 Å². The Morgan fingerprint density at radius 2 is 2.16 bits per heavy atom. The first-order valence-electron chi connectivity index (χ1n) is 6.50. The largest absolute Gasteiger partial charge is 0.481 e. The van der Waals surface area contributed by atoms with Crippen molar-refractivity contribution in [1.82, 2.24) is 9.78 Å². The van der Waals surface area contributed by atoms with E-state index in [2.05, 4.69) is 23.3 Å². The third kappa shape index (κ3) is 2.14. The molecule has 0 saturated carbocycles. The number of aliphatic carboxylic acids is 1. The lowest BCUT2D eigenvalue weighted by Gasteiger charge is -2.06. The highest BCUT2D eigenvalue weighted by atomic mass is 16.4. The minimum absolute atomic E-state index is 0.00289. The number of carboxylic acid groups (broad SMARTS) is 1. The Labute approximate surface area is 111 Å². The van der Waals surface area contributed by atoms with Gasteiger partial charge in [-0.1, -0.05) is 18.2 Å². The lowest BCUT2D eigenvalue weighted by molar-refractivity contribution is -0.136. The van der Waals surface area contributed by atoms with Crippen LogP contribution >= 0.6 is 0 Å². The van der Waals surface area contributed by atoms with Gasteiger partial charge in [-0.2, -0.15) is 5.10 Å². The fourth-order valence-electron chi connectivity index (χ4n) is 2.80. The van der Waals surface area contributed by atoms with E-state index in [-0.39, 0.29) is 6.42 Å². The van der Waals surface area contributed by atoms with Crippen LogP contribution in [0.4, 0.5) is 0 Å². The summed E-state index contributed by atoms with van der Waals surface area (Å²) in [6, 6.07) is 6.42. The Morgan fingerprint density at radius 3 is 2.95 bits per heavy atom. The first-order valence-corrected chi connectivity index (χ1v) is 6.50. The number of aryl methyl sites for hydroxylation is 3.